The van der Waals surface area contributed by atoms with Gasteiger partial charge in [0.2, 0.25) is 0 Å². The monoisotopic (exact) mass is 241 g/mol. The highest BCUT2D eigenvalue weighted by atomic mass is 35.5. The van der Waals surface area contributed by atoms with Gasteiger partial charge in [-0.2, -0.15) is 0 Å². The molecule has 0 N–H and O–H groups in total. The van der Waals surface area contributed by atoms with Gasteiger partial charge in [-0.1, -0.05) is 6.92 Å². The van der Waals surface area contributed by atoms with Crippen LogP contribution >= 0.6 is 11.6 Å². The van der Waals surface area contributed by atoms with Gasteiger partial charge in [-0.25, -0.2) is 4.39 Å². The van der Waals surface area contributed by atoms with Crippen molar-refractivity contribution in [2.45, 2.75) is 25.6 Å². The van der Waals surface area contributed by atoms with E-state index in [2.05, 4.69) is 11.8 Å². The summed E-state index contributed by atoms with van der Waals surface area (Å²) in [5.41, 5.74) is 1.83. The lowest BCUT2D eigenvalue weighted by molar-refractivity contribution is 0.446. The molecule has 1 aromatic rings. The molecule has 1 nitrogen and oxygen atoms in total. The lowest BCUT2D eigenvalue weighted by atomic mass is 9.99. The molecule has 88 valence electrons. The first kappa shape index (κ1) is 11.7. The van der Waals surface area contributed by atoms with Crippen molar-refractivity contribution < 1.29 is 4.39 Å². The molecular formula is C13H17ClFN. The molecular weight excluding hydrogens is 225 g/mol. The molecule has 1 atom stereocenters. The zero-order valence-corrected chi connectivity index (χ0v) is 10.3. The molecule has 0 aromatic heterocycles. The van der Waals surface area contributed by atoms with Crippen molar-refractivity contribution in [1.82, 2.24) is 0 Å². The van der Waals surface area contributed by atoms with Crippen LogP contribution in [0.25, 0.3) is 0 Å². The number of nitrogens with zero attached hydrogens (tertiary/aromatic N) is 1. The standard InChI is InChI=1S/C13H17ClFN/c1-10-3-2-4-16(9-10)13-6-11(8-14)5-12(15)7-13/h5-7,10H,2-4,8-9H2,1H3. The summed E-state index contributed by atoms with van der Waals surface area (Å²) in [5.74, 6) is 0.872. The fourth-order valence-electron chi connectivity index (χ4n) is 2.32. The van der Waals surface area contributed by atoms with Crippen LogP contribution in [0.5, 0.6) is 0 Å². The second-order valence-corrected chi connectivity index (χ2v) is 4.91. The fraction of sp³-hybridized carbons (Fsp3) is 0.538. The fourth-order valence-corrected chi connectivity index (χ4v) is 2.47. The second-order valence-electron chi connectivity index (χ2n) is 4.64. The molecule has 1 aliphatic rings. The third kappa shape index (κ3) is 2.67. The summed E-state index contributed by atoms with van der Waals surface area (Å²) in [5, 5.41) is 0. The van der Waals surface area contributed by atoms with Crippen molar-refractivity contribution in [3.05, 3.63) is 29.6 Å². The summed E-state index contributed by atoms with van der Waals surface area (Å²) < 4.78 is 13.4. The second kappa shape index (κ2) is 5.05. The van der Waals surface area contributed by atoms with Crippen LogP contribution < -0.4 is 4.90 Å². The van der Waals surface area contributed by atoms with Crippen LogP contribution in [0.4, 0.5) is 10.1 Å². The minimum absolute atomic E-state index is 0.189. The normalized spacial score (nSPS) is 21.2. The summed E-state index contributed by atoms with van der Waals surface area (Å²) in [6.45, 7) is 4.29. The van der Waals surface area contributed by atoms with E-state index >= 15 is 0 Å². The number of hydrogen-bond acceptors (Lipinski definition) is 1. The van der Waals surface area contributed by atoms with Gasteiger partial charge in [0, 0.05) is 24.7 Å². The molecule has 1 saturated heterocycles. The highest BCUT2D eigenvalue weighted by Crippen LogP contribution is 2.25. The summed E-state index contributed by atoms with van der Waals surface area (Å²) in [6.07, 6.45) is 2.46. The van der Waals surface area contributed by atoms with Crippen molar-refractivity contribution >= 4 is 17.3 Å². The number of halogens is 2. The van der Waals surface area contributed by atoms with Gasteiger partial charge >= 0.3 is 0 Å². The Labute approximate surface area is 101 Å². The Morgan fingerprint density at radius 1 is 1.44 bits per heavy atom. The Balaban J connectivity index is 2.21. The first-order chi connectivity index (χ1) is 7.69. The van der Waals surface area contributed by atoms with Gasteiger partial charge in [0.05, 0.1) is 0 Å². The molecule has 16 heavy (non-hydrogen) atoms. The van der Waals surface area contributed by atoms with Gasteiger partial charge in [0.1, 0.15) is 5.82 Å². The zero-order chi connectivity index (χ0) is 11.5. The Kier molecular flexibility index (Phi) is 3.70. The molecule has 1 aliphatic heterocycles. The van der Waals surface area contributed by atoms with Crippen molar-refractivity contribution in [2.24, 2.45) is 5.92 Å². The Bertz CT molecular complexity index is 367. The van der Waals surface area contributed by atoms with E-state index in [1.807, 2.05) is 6.07 Å². The van der Waals surface area contributed by atoms with Gasteiger partial charge < -0.3 is 4.90 Å². The van der Waals surface area contributed by atoms with E-state index in [9.17, 15) is 4.39 Å². The van der Waals surface area contributed by atoms with E-state index in [0.717, 1.165) is 24.3 Å². The van der Waals surface area contributed by atoms with Crippen LogP contribution in [0.2, 0.25) is 0 Å². The lowest BCUT2D eigenvalue weighted by Crippen LogP contribution is -2.34. The largest absolute Gasteiger partial charge is 0.371 e. The number of piperidine rings is 1. The molecule has 0 amide bonds. The van der Waals surface area contributed by atoms with E-state index in [1.165, 1.54) is 18.9 Å². The maximum Gasteiger partial charge on any atom is 0.125 e. The van der Waals surface area contributed by atoms with Gasteiger partial charge in [-0.15, -0.1) is 11.6 Å². The highest BCUT2D eigenvalue weighted by Gasteiger charge is 2.17. The maximum atomic E-state index is 13.4. The molecule has 1 fully saturated rings. The minimum Gasteiger partial charge on any atom is -0.371 e. The van der Waals surface area contributed by atoms with E-state index in [1.54, 1.807) is 6.07 Å². The predicted molar refractivity (Wildman–Crippen MR) is 66.6 cm³/mol. The van der Waals surface area contributed by atoms with Gasteiger partial charge in [-0.3, -0.25) is 0 Å². The minimum atomic E-state index is -0.189. The van der Waals surface area contributed by atoms with Crippen LogP contribution in [-0.2, 0) is 5.88 Å². The molecule has 0 spiro atoms. The molecule has 0 saturated carbocycles. The van der Waals surface area contributed by atoms with Gasteiger partial charge in [0.15, 0.2) is 0 Å². The average Bonchev–Trinajstić information content (AvgIpc) is 2.28. The van der Waals surface area contributed by atoms with Crippen LogP contribution in [-0.4, -0.2) is 13.1 Å². The Morgan fingerprint density at radius 2 is 2.25 bits per heavy atom. The third-order valence-electron chi connectivity index (χ3n) is 3.12. The number of hydrogen-bond donors (Lipinski definition) is 0. The summed E-state index contributed by atoms with van der Waals surface area (Å²) in [7, 11) is 0. The Morgan fingerprint density at radius 3 is 2.94 bits per heavy atom. The van der Waals surface area contributed by atoms with E-state index in [-0.39, 0.29) is 5.82 Å². The van der Waals surface area contributed by atoms with Crippen LogP contribution in [0.15, 0.2) is 18.2 Å². The third-order valence-corrected chi connectivity index (χ3v) is 3.43. The summed E-state index contributed by atoms with van der Waals surface area (Å²) in [4.78, 5) is 2.26. The SMILES string of the molecule is CC1CCCN(c2cc(F)cc(CCl)c2)C1. The van der Waals surface area contributed by atoms with Crippen LogP contribution in [0.1, 0.15) is 25.3 Å². The van der Waals surface area contributed by atoms with E-state index in [4.69, 9.17) is 11.6 Å². The number of anilines is 1. The number of benzene rings is 1. The summed E-state index contributed by atoms with van der Waals surface area (Å²) in [6, 6.07) is 5.10. The van der Waals surface area contributed by atoms with Crippen molar-refractivity contribution in [1.29, 1.82) is 0 Å². The summed E-state index contributed by atoms with van der Waals surface area (Å²) >= 11 is 5.75. The van der Waals surface area contributed by atoms with E-state index < -0.39 is 0 Å². The number of alkyl halides is 1. The van der Waals surface area contributed by atoms with Gasteiger partial charge in [0.25, 0.3) is 0 Å². The topological polar surface area (TPSA) is 3.24 Å². The molecule has 0 bridgehead atoms. The van der Waals surface area contributed by atoms with E-state index in [0.29, 0.717) is 11.8 Å². The molecule has 1 aromatic carbocycles. The molecule has 2 rings (SSSR count). The van der Waals surface area contributed by atoms with Crippen LogP contribution in [0, 0.1) is 11.7 Å². The van der Waals surface area contributed by atoms with Crippen molar-refractivity contribution in [3.63, 3.8) is 0 Å². The predicted octanol–water partition coefficient (Wildman–Crippen LogP) is 3.80. The van der Waals surface area contributed by atoms with Gasteiger partial charge in [-0.05, 0) is 42.5 Å². The zero-order valence-electron chi connectivity index (χ0n) is 9.55. The first-order valence-electron chi connectivity index (χ1n) is 5.79. The average molecular weight is 242 g/mol. The Hall–Kier alpha value is -0.760. The smallest absolute Gasteiger partial charge is 0.125 e. The quantitative estimate of drug-likeness (QED) is 0.712. The van der Waals surface area contributed by atoms with Crippen molar-refractivity contribution in [2.75, 3.05) is 18.0 Å². The molecule has 3 heteroatoms. The van der Waals surface area contributed by atoms with Crippen molar-refractivity contribution in [3.8, 4) is 0 Å². The molecule has 1 unspecified atom stereocenters. The highest BCUT2D eigenvalue weighted by molar-refractivity contribution is 6.17. The maximum absolute atomic E-state index is 13.4. The molecule has 0 radical (unpaired) electrons. The van der Waals surface area contributed by atoms with Crippen LogP contribution in [0.3, 0.4) is 0 Å². The molecule has 1 heterocycles. The number of rotatable bonds is 2. The molecule has 0 aliphatic carbocycles. The lowest BCUT2D eigenvalue weighted by Gasteiger charge is -2.33. The first-order valence-corrected chi connectivity index (χ1v) is 6.33.